The van der Waals surface area contributed by atoms with Gasteiger partial charge in [-0.05, 0) is 31.5 Å². The fraction of sp³-hybridized carbons (Fsp3) is 0.588. The Morgan fingerprint density at radius 3 is 2.80 bits per heavy atom. The van der Waals surface area contributed by atoms with Crippen molar-refractivity contribution in [3.05, 3.63) is 29.3 Å². The Hall–Kier alpha value is -1.80. The van der Waals surface area contributed by atoms with Crippen molar-refractivity contribution in [2.45, 2.75) is 45.1 Å². The molecule has 140 valence electrons. The molecular weight excluding hydrogens is 337 g/mol. The van der Waals surface area contributed by atoms with E-state index < -0.39 is 11.7 Å². The first-order valence-corrected chi connectivity index (χ1v) is 8.20. The van der Waals surface area contributed by atoms with Gasteiger partial charge in [0.05, 0.1) is 24.9 Å². The van der Waals surface area contributed by atoms with E-state index in [1.54, 1.807) is 13.8 Å². The van der Waals surface area contributed by atoms with E-state index in [1.165, 1.54) is 12.1 Å². The molecule has 0 aromatic heterocycles. The largest absolute Gasteiger partial charge is 0.491 e. The maximum absolute atomic E-state index is 13.3. The number of amides is 1. The van der Waals surface area contributed by atoms with Gasteiger partial charge in [0.15, 0.2) is 0 Å². The van der Waals surface area contributed by atoms with Crippen LogP contribution in [0.1, 0.15) is 31.4 Å². The van der Waals surface area contributed by atoms with Crippen LogP contribution in [0.5, 0.6) is 5.75 Å². The molecule has 1 amide bonds. The maximum atomic E-state index is 13.3. The van der Waals surface area contributed by atoms with Crippen LogP contribution in [0, 0.1) is 0 Å². The molecule has 1 aromatic rings. The molecule has 0 bridgehead atoms. The standard InChI is InChI=1S/C17H23F3N2O3/c1-11(2)25-14-4-3-12(15(8-14)17(18,19)20)9-22-16(23)7-13-10-24-6-5-21-13/h3-4,8,11,13,21H,5-7,9-10H2,1-2H3,(H,22,23). The van der Waals surface area contributed by atoms with Crippen molar-refractivity contribution < 1.29 is 27.4 Å². The third kappa shape index (κ3) is 6.21. The van der Waals surface area contributed by atoms with Crippen molar-refractivity contribution in [1.82, 2.24) is 10.6 Å². The lowest BCUT2D eigenvalue weighted by Gasteiger charge is -2.23. The second kappa shape index (κ2) is 8.53. The predicted octanol–water partition coefficient (Wildman–Crippen LogP) is 2.49. The van der Waals surface area contributed by atoms with Crippen LogP contribution in [0.25, 0.3) is 0 Å². The molecule has 0 saturated carbocycles. The Morgan fingerprint density at radius 1 is 1.44 bits per heavy atom. The SMILES string of the molecule is CC(C)Oc1ccc(CNC(=O)CC2COCCN2)c(C(F)(F)F)c1. The predicted molar refractivity (Wildman–Crippen MR) is 86.3 cm³/mol. The van der Waals surface area contributed by atoms with Gasteiger partial charge in [0.25, 0.3) is 0 Å². The molecule has 1 atom stereocenters. The lowest BCUT2D eigenvalue weighted by Crippen LogP contribution is -2.44. The van der Waals surface area contributed by atoms with Gasteiger partial charge in [-0.3, -0.25) is 4.79 Å². The Balaban J connectivity index is 2.01. The highest BCUT2D eigenvalue weighted by Gasteiger charge is 2.34. The summed E-state index contributed by atoms with van der Waals surface area (Å²) in [6, 6.07) is 3.67. The molecule has 0 spiro atoms. The molecule has 5 nitrogen and oxygen atoms in total. The van der Waals surface area contributed by atoms with Gasteiger partial charge in [0, 0.05) is 25.6 Å². The molecule has 1 aromatic carbocycles. The quantitative estimate of drug-likeness (QED) is 0.818. The molecule has 1 heterocycles. The van der Waals surface area contributed by atoms with E-state index in [9.17, 15) is 18.0 Å². The van der Waals surface area contributed by atoms with Crippen molar-refractivity contribution >= 4 is 5.91 Å². The lowest BCUT2D eigenvalue weighted by molar-refractivity contribution is -0.138. The number of rotatable bonds is 6. The second-order valence-corrected chi connectivity index (χ2v) is 6.19. The van der Waals surface area contributed by atoms with Gasteiger partial charge in [-0.1, -0.05) is 6.07 Å². The topological polar surface area (TPSA) is 59.6 Å². The summed E-state index contributed by atoms with van der Waals surface area (Å²) in [5, 5.41) is 5.67. The van der Waals surface area contributed by atoms with Crippen molar-refractivity contribution in [2.75, 3.05) is 19.8 Å². The van der Waals surface area contributed by atoms with Crippen molar-refractivity contribution in [3.63, 3.8) is 0 Å². The number of halogens is 3. The first-order valence-electron chi connectivity index (χ1n) is 8.20. The van der Waals surface area contributed by atoms with E-state index in [-0.39, 0.29) is 42.3 Å². The molecule has 2 rings (SSSR count). The van der Waals surface area contributed by atoms with Gasteiger partial charge in [-0.25, -0.2) is 0 Å². The highest BCUT2D eigenvalue weighted by molar-refractivity contribution is 5.76. The van der Waals surface area contributed by atoms with E-state index >= 15 is 0 Å². The molecule has 8 heteroatoms. The minimum atomic E-state index is -4.52. The summed E-state index contributed by atoms with van der Waals surface area (Å²) in [5.74, 6) is -0.167. The summed E-state index contributed by atoms with van der Waals surface area (Å²) >= 11 is 0. The van der Waals surface area contributed by atoms with Crippen LogP contribution in [0.4, 0.5) is 13.2 Å². The molecule has 1 aliphatic heterocycles. The summed E-state index contributed by atoms with van der Waals surface area (Å²) < 4.78 is 50.4. The first-order chi connectivity index (χ1) is 11.8. The van der Waals surface area contributed by atoms with E-state index in [2.05, 4.69) is 10.6 Å². The lowest BCUT2D eigenvalue weighted by atomic mass is 10.1. The minimum Gasteiger partial charge on any atom is -0.491 e. The summed E-state index contributed by atoms with van der Waals surface area (Å²) in [4.78, 5) is 11.9. The van der Waals surface area contributed by atoms with Crippen LogP contribution in [0.15, 0.2) is 18.2 Å². The van der Waals surface area contributed by atoms with Gasteiger partial charge in [0.1, 0.15) is 5.75 Å². The molecule has 2 N–H and O–H groups in total. The number of hydrogen-bond donors (Lipinski definition) is 2. The summed E-state index contributed by atoms with van der Waals surface area (Å²) in [6.07, 6.45) is -4.58. The molecule has 0 radical (unpaired) electrons. The Kier molecular flexibility index (Phi) is 6.66. The van der Waals surface area contributed by atoms with Crippen molar-refractivity contribution in [3.8, 4) is 5.75 Å². The number of ether oxygens (including phenoxy) is 2. The molecule has 1 saturated heterocycles. The molecule has 1 unspecified atom stereocenters. The van der Waals surface area contributed by atoms with Crippen LogP contribution >= 0.6 is 0 Å². The van der Waals surface area contributed by atoms with Crippen LogP contribution in [-0.2, 0) is 22.3 Å². The van der Waals surface area contributed by atoms with Crippen LogP contribution in [-0.4, -0.2) is 37.8 Å². The molecular formula is C17H23F3N2O3. The fourth-order valence-corrected chi connectivity index (χ4v) is 2.56. The number of alkyl halides is 3. The Labute approximate surface area is 144 Å². The molecule has 1 fully saturated rings. The number of hydrogen-bond acceptors (Lipinski definition) is 4. The number of carbonyl (C=O) groups excluding carboxylic acids is 1. The zero-order valence-electron chi connectivity index (χ0n) is 14.3. The molecule has 0 aliphatic carbocycles. The minimum absolute atomic E-state index is 0.00445. The van der Waals surface area contributed by atoms with Gasteiger partial charge in [-0.2, -0.15) is 13.2 Å². The van der Waals surface area contributed by atoms with Gasteiger partial charge in [0.2, 0.25) is 5.91 Å². The molecule has 1 aliphatic rings. The summed E-state index contributed by atoms with van der Waals surface area (Å²) in [6.45, 7) is 4.96. The zero-order chi connectivity index (χ0) is 18.4. The maximum Gasteiger partial charge on any atom is 0.416 e. The average molecular weight is 360 g/mol. The first kappa shape index (κ1) is 19.5. The van der Waals surface area contributed by atoms with Gasteiger partial charge < -0.3 is 20.1 Å². The van der Waals surface area contributed by atoms with E-state index in [1.807, 2.05) is 0 Å². The summed E-state index contributed by atoms with van der Waals surface area (Å²) in [7, 11) is 0. The smallest absolute Gasteiger partial charge is 0.416 e. The van der Waals surface area contributed by atoms with Crippen molar-refractivity contribution in [1.29, 1.82) is 0 Å². The van der Waals surface area contributed by atoms with Crippen LogP contribution < -0.4 is 15.4 Å². The van der Waals surface area contributed by atoms with Gasteiger partial charge in [-0.15, -0.1) is 0 Å². The van der Waals surface area contributed by atoms with Gasteiger partial charge >= 0.3 is 6.18 Å². The Morgan fingerprint density at radius 2 is 2.20 bits per heavy atom. The normalized spacial score (nSPS) is 18.2. The second-order valence-electron chi connectivity index (χ2n) is 6.19. The third-order valence-corrected chi connectivity index (χ3v) is 3.66. The summed E-state index contributed by atoms with van der Waals surface area (Å²) in [5.41, 5.74) is -0.796. The Bertz CT molecular complexity index is 585. The zero-order valence-corrected chi connectivity index (χ0v) is 14.3. The highest BCUT2D eigenvalue weighted by atomic mass is 19.4. The number of benzene rings is 1. The van der Waals surface area contributed by atoms with Crippen LogP contribution in [0.3, 0.4) is 0 Å². The van der Waals surface area contributed by atoms with Crippen molar-refractivity contribution in [2.24, 2.45) is 0 Å². The number of nitrogens with one attached hydrogen (secondary N) is 2. The fourth-order valence-electron chi connectivity index (χ4n) is 2.56. The van der Waals surface area contributed by atoms with E-state index in [0.717, 1.165) is 6.07 Å². The van der Waals surface area contributed by atoms with E-state index in [0.29, 0.717) is 19.8 Å². The third-order valence-electron chi connectivity index (χ3n) is 3.66. The van der Waals surface area contributed by atoms with E-state index in [4.69, 9.17) is 9.47 Å². The number of morpholine rings is 1. The number of carbonyl (C=O) groups is 1. The average Bonchev–Trinajstić information content (AvgIpc) is 2.53. The molecule has 25 heavy (non-hydrogen) atoms. The highest BCUT2D eigenvalue weighted by Crippen LogP contribution is 2.34. The monoisotopic (exact) mass is 360 g/mol. The van der Waals surface area contributed by atoms with Crippen LogP contribution in [0.2, 0.25) is 0 Å².